The van der Waals surface area contributed by atoms with Crippen LogP contribution in [0.1, 0.15) is 36.3 Å². The molecule has 1 atom stereocenters. The van der Waals surface area contributed by atoms with Crippen LogP contribution in [0, 0.1) is 6.92 Å². The number of rotatable bonds is 4. The molecule has 0 saturated heterocycles. The summed E-state index contributed by atoms with van der Waals surface area (Å²) in [6.07, 6.45) is 2.16. The number of hydrogen-bond donors (Lipinski definition) is 1. The van der Waals surface area contributed by atoms with E-state index in [0.29, 0.717) is 0 Å². The zero-order valence-electron chi connectivity index (χ0n) is 10.3. The van der Waals surface area contributed by atoms with Crippen LogP contribution in [0.15, 0.2) is 36.5 Å². The molecule has 1 aromatic carbocycles. The van der Waals surface area contributed by atoms with E-state index in [1.807, 2.05) is 41.9 Å². The molecule has 17 heavy (non-hydrogen) atoms. The lowest BCUT2D eigenvalue weighted by Gasteiger charge is -2.13. The van der Waals surface area contributed by atoms with Gasteiger partial charge >= 0.3 is 0 Å². The van der Waals surface area contributed by atoms with Crippen molar-refractivity contribution >= 4 is 0 Å². The van der Waals surface area contributed by atoms with Crippen LogP contribution < -0.4 is 0 Å². The van der Waals surface area contributed by atoms with Crippen molar-refractivity contribution < 1.29 is 5.11 Å². The van der Waals surface area contributed by atoms with Crippen molar-refractivity contribution in [3.8, 4) is 0 Å². The van der Waals surface area contributed by atoms with Gasteiger partial charge in [0.2, 0.25) is 0 Å². The molecule has 0 aliphatic heterocycles. The summed E-state index contributed by atoms with van der Waals surface area (Å²) in [5, 5.41) is 14.6. The molecule has 0 radical (unpaired) electrons. The molecule has 2 aromatic rings. The molecule has 90 valence electrons. The highest BCUT2D eigenvalue weighted by Gasteiger charge is 2.14. The molecule has 1 aromatic heterocycles. The van der Waals surface area contributed by atoms with Crippen molar-refractivity contribution in [2.75, 3.05) is 0 Å². The van der Waals surface area contributed by atoms with Gasteiger partial charge in [-0.05, 0) is 25.0 Å². The van der Waals surface area contributed by atoms with Crippen LogP contribution in [-0.2, 0) is 6.54 Å². The Balaban J connectivity index is 2.30. The van der Waals surface area contributed by atoms with Gasteiger partial charge < -0.3 is 5.11 Å². The number of hydrogen-bond acceptors (Lipinski definition) is 2. The monoisotopic (exact) mass is 230 g/mol. The number of aliphatic hydroxyl groups excluding tert-OH is 1. The van der Waals surface area contributed by atoms with Crippen molar-refractivity contribution in [3.63, 3.8) is 0 Å². The fraction of sp³-hybridized carbons (Fsp3) is 0.357. The van der Waals surface area contributed by atoms with Gasteiger partial charge in [-0.25, -0.2) is 0 Å². The van der Waals surface area contributed by atoms with Gasteiger partial charge in [-0.3, -0.25) is 4.68 Å². The van der Waals surface area contributed by atoms with E-state index in [1.54, 1.807) is 6.20 Å². The summed E-state index contributed by atoms with van der Waals surface area (Å²) in [5.41, 5.74) is 2.93. The maximum absolute atomic E-state index is 10.4. The van der Waals surface area contributed by atoms with Gasteiger partial charge in [0.15, 0.2) is 0 Å². The maximum atomic E-state index is 10.4. The summed E-state index contributed by atoms with van der Waals surface area (Å²) >= 11 is 0. The predicted molar refractivity (Wildman–Crippen MR) is 67.8 cm³/mol. The number of aliphatic hydroxyl groups is 1. The first-order valence-corrected chi connectivity index (χ1v) is 5.98. The summed E-state index contributed by atoms with van der Waals surface area (Å²) in [6.45, 7) is 4.97. The Labute approximate surface area is 102 Å². The van der Waals surface area contributed by atoms with Crippen LogP contribution in [0.3, 0.4) is 0 Å². The SMILES string of the molecule is CCCn1nccc1C(O)c1cccc(C)c1. The third kappa shape index (κ3) is 2.56. The molecule has 0 spiro atoms. The molecule has 0 aliphatic rings. The van der Waals surface area contributed by atoms with Gasteiger partial charge in [0.1, 0.15) is 6.10 Å². The van der Waals surface area contributed by atoms with Crippen LogP contribution in [-0.4, -0.2) is 14.9 Å². The summed E-state index contributed by atoms with van der Waals surface area (Å²) in [6, 6.07) is 9.82. The van der Waals surface area contributed by atoms with Crippen LogP contribution in [0.5, 0.6) is 0 Å². The largest absolute Gasteiger partial charge is 0.382 e. The minimum absolute atomic E-state index is 0.594. The highest BCUT2D eigenvalue weighted by molar-refractivity contribution is 5.29. The fourth-order valence-electron chi connectivity index (χ4n) is 1.98. The Morgan fingerprint density at radius 1 is 1.35 bits per heavy atom. The molecule has 0 saturated carbocycles. The highest BCUT2D eigenvalue weighted by Crippen LogP contribution is 2.22. The van der Waals surface area contributed by atoms with Gasteiger partial charge in [0, 0.05) is 12.7 Å². The van der Waals surface area contributed by atoms with Crippen LogP contribution in [0.2, 0.25) is 0 Å². The standard InChI is InChI=1S/C14H18N2O/c1-3-9-16-13(7-8-15-16)14(17)12-6-4-5-11(2)10-12/h4-8,10,14,17H,3,9H2,1-2H3. The van der Waals surface area contributed by atoms with Crippen molar-refractivity contribution in [2.45, 2.75) is 32.9 Å². The second-order valence-electron chi connectivity index (χ2n) is 4.30. The van der Waals surface area contributed by atoms with Crippen LogP contribution >= 0.6 is 0 Å². The topological polar surface area (TPSA) is 38.0 Å². The molecule has 0 amide bonds. The van der Waals surface area contributed by atoms with Crippen molar-refractivity contribution in [1.29, 1.82) is 0 Å². The summed E-state index contributed by atoms with van der Waals surface area (Å²) in [4.78, 5) is 0. The molecule has 3 nitrogen and oxygen atoms in total. The molecule has 2 rings (SSSR count). The predicted octanol–water partition coefficient (Wildman–Crippen LogP) is 2.68. The van der Waals surface area contributed by atoms with E-state index in [2.05, 4.69) is 12.0 Å². The second-order valence-corrected chi connectivity index (χ2v) is 4.30. The first kappa shape index (κ1) is 11.9. The molecule has 3 heteroatoms. The van der Waals surface area contributed by atoms with E-state index >= 15 is 0 Å². The Bertz CT molecular complexity index is 490. The smallest absolute Gasteiger partial charge is 0.121 e. The lowest BCUT2D eigenvalue weighted by molar-refractivity contribution is 0.207. The van der Waals surface area contributed by atoms with Crippen molar-refractivity contribution in [2.24, 2.45) is 0 Å². The average Bonchev–Trinajstić information content (AvgIpc) is 2.77. The summed E-state index contributed by atoms with van der Waals surface area (Å²) < 4.78 is 1.87. The Kier molecular flexibility index (Phi) is 3.59. The second kappa shape index (κ2) is 5.15. The Morgan fingerprint density at radius 2 is 2.18 bits per heavy atom. The van der Waals surface area contributed by atoms with E-state index < -0.39 is 6.10 Å². The minimum Gasteiger partial charge on any atom is -0.382 e. The van der Waals surface area contributed by atoms with Crippen molar-refractivity contribution in [3.05, 3.63) is 53.3 Å². The molecule has 0 fully saturated rings. The average molecular weight is 230 g/mol. The molecule has 0 aliphatic carbocycles. The maximum Gasteiger partial charge on any atom is 0.121 e. The zero-order chi connectivity index (χ0) is 12.3. The highest BCUT2D eigenvalue weighted by atomic mass is 16.3. The quantitative estimate of drug-likeness (QED) is 0.877. The lowest BCUT2D eigenvalue weighted by atomic mass is 10.0. The number of aryl methyl sites for hydroxylation is 2. The van der Waals surface area contributed by atoms with Gasteiger partial charge in [-0.2, -0.15) is 5.10 Å². The van der Waals surface area contributed by atoms with E-state index in [9.17, 15) is 5.11 Å². The van der Waals surface area contributed by atoms with Gasteiger partial charge in [-0.1, -0.05) is 36.8 Å². The Morgan fingerprint density at radius 3 is 2.88 bits per heavy atom. The molecular weight excluding hydrogens is 212 g/mol. The first-order valence-electron chi connectivity index (χ1n) is 5.98. The van der Waals surface area contributed by atoms with Crippen LogP contribution in [0.4, 0.5) is 0 Å². The lowest BCUT2D eigenvalue weighted by Crippen LogP contribution is -2.10. The number of nitrogens with zero attached hydrogens (tertiary/aromatic N) is 2. The minimum atomic E-state index is -0.594. The van der Waals surface area contributed by atoms with E-state index in [0.717, 1.165) is 29.8 Å². The molecule has 0 bridgehead atoms. The summed E-state index contributed by atoms with van der Waals surface area (Å²) in [7, 11) is 0. The van der Waals surface area contributed by atoms with E-state index in [-0.39, 0.29) is 0 Å². The first-order chi connectivity index (χ1) is 8.22. The van der Waals surface area contributed by atoms with E-state index in [4.69, 9.17) is 0 Å². The fourth-order valence-corrected chi connectivity index (χ4v) is 1.98. The van der Waals surface area contributed by atoms with Gasteiger partial charge in [-0.15, -0.1) is 0 Å². The zero-order valence-corrected chi connectivity index (χ0v) is 10.3. The van der Waals surface area contributed by atoms with Gasteiger partial charge in [0.25, 0.3) is 0 Å². The van der Waals surface area contributed by atoms with Crippen LogP contribution in [0.25, 0.3) is 0 Å². The number of aromatic nitrogens is 2. The molecule has 1 unspecified atom stereocenters. The number of benzene rings is 1. The van der Waals surface area contributed by atoms with Crippen molar-refractivity contribution in [1.82, 2.24) is 9.78 Å². The van der Waals surface area contributed by atoms with Gasteiger partial charge in [0.05, 0.1) is 5.69 Å². The Hall–Kier alpha value is -1.61. The van der Waals surface area contributed by atoms with E-state index in [1.165, 1.54) is 0 Å². The third-order valence-corrected chi connectivity index (χ3v) is 2.82. The third-order valence-electron chi connectivity index (χ3n) is 2.82. The molecule has 1 N–H and O–H groups in total. The summed E-state index contributed by atoms with van der Waals surface area (Å²) in [5.74, 6) is 0. The normalized spacial score (nSPS) is 12.6. The molecule has 1 heterocycles. The molecular formula is C14H18N2O.